The third kappa shape index (κ3) is 3.23. The van der Waals surface area contributed by atoms with Gasteiger partial charge in [0.1, 0.15) is 12.1 Å². The minimum Gasteiger partial charge on any atom is -0.363 e. The number of rotatable bonds is 5. The van der Waals surface area contributed by atoms with E-state index in [1.54, 1.807) is 10.7 Å². The van der Waals surface area contributed by atoms with Gasteiger partial charge in [-0.2, -0.15) is 19.7 Å². The molecule has 3 heterocycles. The molecular formula is C22H19N7. The molecule has 1 N–H and O–H groups in total. The minimum absolute atomic E-state index is 0.00817. The van der Waals surface area contributed by atoms with Crippen molar-refractivity contribution >= 4 is 11.6 Å². The summed E-state index contributed by atoms with van der Waals surface area (Å²) in [6, 6.07) is 22.2. The fraction of sp³-hybridized carbons (Fsp3) is 0.0909. The van der Waals surface area contributed by atoms with Crippen molar-refractivity contribution in [3.8, 4) is 16.9 Å². The Balaban J connectivity index is 1.55. The van der Waals surface area contributed by atoms with E-state index in [9.17, 15) is 0 Å². The van der Waals surface area contributed by atoms with E-state index in [1.165, 1.54) is 6.33 Å². The average Bonchev–Trinajstić information content (AvgIpc) is 3.46. The lowest BCUT2D eigenvalue weighted by Gasteiger charge is -2.19. The van der Waals surface area contributed by atoms with E-state index in [1.807, 2.05) is 65.5 Å². The Kier molecular flexibility index (Phi) is 4.25. The molecule has 142 valence electrons. The van der Waals surface area contributed by atoms with Crippen LogP contribution in [0.2, 0.25) is 0 Å². The largest absolute Gasteiger partial charge is 0.363 e. The van der Waals surface area contributed by atoms with Crippen LogP contribution in [0.25, 0.3) is 22.7 Å². The number of aromatic nitrogens is 6. The van der Waals surface area contributed by atoms with Gasteiger partial charge < -0.3 is 5.32 Å². The molecule has 1 unspecified atom stereocenters. The highest BCUT2D eigenvalue weighted by atomic mass is 15.4. The highest BCUT2D eigenvalue weighted by Gasteiger charge is 2.15. The molecule has 0 aliphatic carbocycles. The van der Waals surface area contributed by atoms with Gasteiger partial charge in [0.25, 0.3) is 5.78 Å². The van der Waals surface area contributed by atoms with Crippen LogP contribution in [0.4, 0.5) is 5.82 Å². The number of anilines is 1. The average molecular weight is 381 g/mol. The second-order valence-electron chi connectivity index (χ2n) is 6.74. The van der Waals surface area contributed by atoms with Gasteiger partial charge in [0.15, 0.2) is 0 Å². The number of nitrogens with one attached hydrogen (secondary N) is 1. The van der Waals surface area contributed by atoms with Crippen LogP contribution < -0.4 is 5.32 Å². The van der Waals surface area contributed by atoms with Gasteiger partial charge in [-0.15, -0.1) is 0 Å². The van der Waals surface area contributed by atoms with Crippen LogP contribution in [-0.4, -0.2) is 29.4 Å². The quantitative estimate of drug-likeness (QED) is 0.495. The van der Waals surface area contributed by atoms with Gasteiger partial charge in [0.05, 0.1) is 17.4 Å². The molecule has 7 nitrogen and oxygen atoms in total. The summed E-state index contributed by atoms with van der Waals surface area (Å²) in [4.78, 5) is 8.93. The maximum atomic E-state index is 4.64. The number of fused-ring (bicyclic) bond motifs is 1. The third-order valence-electron chi connectivity index (χ3n) is 4.84. The molecule has 0 amide bonds. The van der Waals surface area contributed by atoms with Crippen molar-refractivity contribution in [2.24, 2.45) is 0 Å². The van der Waals surface area contributed by atoms with Crippen LogP contribution in [0.3, 0.4) is 0 Å². The van der Waals surface area contributed by atoms with Gasteiger partial charge in [-0.25, -0.2) is 9.67 Å². The Bertz CT molecular complexity index is 1240. The van der Waals surface area contributed by atoms with Crippen molar-refractivity contribution in [2.75, 3.05) is 5.32 Å². The standard InChI is InChI=1S/C22H19N7/c1-16(18-10-5-6-11-20(18)28-13-7-12-24-28)26-21-14-19(17-8-3-2-4-9-17)27-22-23-15-25-29(21)22/h2-16,26H,1H3. The van der Waals surface area contributed by atoms with Gasteiger partial charge in [-0.1, -0.05) is 48.5 Å². The van der Waals surface area contributed by atoms with E-state index in [0.717, 1.165) is 28.3 Å². The first kappa shape index (κ1) is 17.1. The van der Waals surface area contributed by atoms with E-state index in [-0.39, 0.29) is 6.04 Å². The molecule has 0 bridgehead atoms. The number of hydrogen-bond donors (Lipinski definition) is 1. The summed E-state index contributed by atoms with van der Waals surface area (Å²) in [5.74, 6) is 1.38. The second-order valence-corrected chi connectivity index (χ2v) is 6.74. The number of benzene rings is 2. The van der Waals surface area contributed by atoms with Crippen LogP contribution in [0, 0.1) is 0 Å². The van der Waals surface area contributed by atoms with Gasteiger partial charge in [0.2, 0.25) is 0 Å². The molecule has 0 saturated heterocycles. The van der Waals surface area contributed by atoms with Crippen molar-refractivity contribution in [3.63, 3.8) is 0 Å². The summed E-state index contributed by atoms with van der Waals surface area (Å²) in [5.41, 5.74) is 4.04. The van der Waals surface area contributed by atoms with Crippen LogP contribution in [0.5, 0.6) is 0 Å². The van der Waals surface area contributed by atoms with Crippen molar-refractivity contribution in [1.29, 1.82) is 0 Å². The molecule has 0 radical (unpaired) electrons. The lowest BCUT2D eigenvalue weighted by Crippen LogP contribution is -2.14. The maximum Gasteiger partial charge on any atom is 0.254 e. The van der Waals surface area contributed by atoms with Crippen LogP contribution in [0.15, 0.2) is 85.5 Å². The normalized spacial score (nSPS) is 12.2. The van der Waals surface area contributed by atoms with Crippen LogP contribution in [0.1, 0.15) is 18.5 Å². The summed E-state index contributed by atoms with van der Waals surface area (Å²) in [5, 5.41) is 12.3. The summed E-state index contributed by atoms with van der Waals surface area (Å²) in [6.45, 7) is 2.12. The lowest BCUT2D eigenvalue weighted by atomic mass is 10.1. The second kappa shape index (κ2) is 7.20. The summed E-state index contributed by atoms with van der Waals surface area (Å²) in [7, 11) is 0. The van der Waals surface area contributed by atoms with E-state index in [0.29, 0.717) is 5.78 Å². The Hall–Kier alpha value is -4.00. The first-order valence-corrected chi connectivity index (χ1v) is 9.41. The van der Waals surface area contributed by atoms with E-state index < -0.39 is 0 Å². The molecule has 2 aromatic carbocycles. The topological polar surface area (TPSA) is 72.9 Å². The molecule has 29 heavy (non-hydrogen) atoms. The first-order chi connectivity index (χ1) is 14.3. The molecule has 5 aromatic rings. The molecule has 7 heteroatoms. The van der Waals surface area contributed by atoms with Crippen molar-refractivity contribution in [3.05, 3.63) is 91.0 Å². The van der Waals surface area contributed by atoms with Gasteiger partial charge >= 0.3 is 0 Å². The Labute approximate surface area is 167 Å². The number of para-hydroxylation sites is 1. The molecule has 1 atom stereocenters. The molecule has 0 saturated carbocycles. The molecule has 3 aromatic heterocycles. The van der Waals surface area contributed by atoms with Crippen LogP contribution >= 0.6 is 0 Å². The molecule has 5 rings (SSSR count). The minimum atomic E-state index is 0.00817. The number of hydrogen-bond acceptors (Lipinski definition) is 5. The predicted octanol–water partition coefficient (Wildman–Crippen LogP) is 4.15. The van der Waals surface area contributed by atoms with Crippen molar-refractivity contribution in [1.82, 2.24) is 29.4 Å². The fourth-order valence-corrected chi connectivity index (χ4v) is 3.45. The summed E-state index contributed by atoms with van der Waals surface area (Å²) < 4.78 is 3.60. The Morgan fingerprint density at radius 3 is 2.59 bits per heavy atom. The zero-order chi connectivity index (χ0) is 19.6. The van der Waals surface area contributed by atoms with Gasteiger partial charge in [0, 0.05) is 24.0 Å². The van der Waals surface area contributed by atoms with E-state index >= 15 is 0 Å². The fourth-order valence-electron chi connectivity index (χ4n) is 3.45. The van der Waals surface area contributed by atoms with E-state index in [2.05, 4.69) is 44.5 Å². The SMILES string of the molecule is CC(Nc1cc(-c2ccccc2)nc2ncnn12)c1ccccc1-n1cccn1. The van der Waals surface area contributed by atoms with Gasteiger partial charge in [-0.05, 0) is 24.6 Å². The highest BCUT2D eigenvalue weighted by molar-refractivity contribution is 5.65. The Morgan fingerprint density at radius 2 is 1.76 bits per heavy atom. The smallest absolute Gasteiger partial charge is 0.254 e. The molecular weight excluding hydrogens is 362 g/mol. The monoisotopic (exact) mass is 381 g/mol. The van der Waals surface area contributed by atoms with Crippen molar-refractivity contribution in [2.45, 2.75) is 13.0 Å². The molecule has 0 spiro atoms. The predicted molar refractivity (Wildman–Crippen MR) is 112 cm³/mol. The lowest BCUT2D eigenvalue weighted by molar-refractivity contribution is 0.803. The van der Waals surface area contributed by atoms with Crippen molar-refractivity contribution < 1.29 is 0 Å². The van der Waals surface area contributed by atoms with Crippen LogP contribution in [-0.2, 0) is 0 Å². The molecule has 0 aliphatic heterocycles. The number of nitrogens with zero attached hydrogens (tertiary/aromatic N) is 6. The summed E-state index contributed by atoms with van der Waals surface area (Å²) >= 11 is 0. The first-order valence-electron chi connectivity index (χ1n) is 9.41. The maximum absolute atomic E-state index is 4.64. The molecule has 0 fully saturated rings. The zero-order valence-electron chi connectivity index (χ0n) is 15.8. The van der Waals surface area contributed by atoms with Gasteiger partial charge in [-0.3, -0.25) is 0 Å². The third-order valence-corrected chi connectivity index (χ3v) is 4.84. The van der Waals surface area contributed by atoms with E-state index in [4.69, 9.17) is 0 Å². The Morgan fingerprint density at radius 1 is 0.931 bits per heavy atom. The summed E-state index contributed by atoms with van der Waals surface area (Å²) in [6.07, 6.45) is 5.24. The highest BCUT2D eigenvalue weighted by Crippen LogP contribution is 2.27. The zero-order valence-corrected chi connectivity index (χ0v) is 15.8. The molecule has 0 aliphatic rings.